The van der Waals surface area contributed by atoms with Crippen LogP contribution in [0.1, 0.15) is 17.5 Å². The van der Waals surface area contributed by atoms with E-state index in [2.05, 4.69) is 18.0 Å². The van der Waals surface area contributed by atoms with Gasteiger partial charge >= 0.3 is 0 Å². The highest BCUT2D eigenvalue weighted by Gasteiger charge is 2.64. The summed E-state index contributed by atoms with van der Waals surface area (Å²) in [5, 5.41) is 0. The molecule has 1 spiro atoms. The van der Waals surface area contributed by atoms with E-state index in [0.717, 1.165) is 24.9 Å². The Labute approximate surface area is 133 Å². The van der Waals surface area contributed by atoms with E-state index in [9.17, 15) is 9.59 Å². The van der Waals surface area contributed by atoms with Crippen LogP contribution in [0.5, 0.6) is 11.5 Å². The number of rotatable bonds is 2. The standard InChI is InChI=1S/C18H17NO4/c1-19-7-6-18-11-3-4-13(21)17(18)23-16-14(22-9-20)5-2-10(15(16)18)8-12(11)19/h2-5,9,11-12,17H,6-8H2,1H3/t11-,12+,17-,18-/m0/s1. The number of piperidine rings is 1. The molecule has 0 radical (unpaired) electrons. The van der Waals surface area contributed by atoms with E-state index < -0.39 is 6.10 Å². The van der Waals surface area contributed by atoms with Crippen molar-refractivity contribution >= 4 is 12.3 Å². The first-order valence-electron chi connectivity index (χ1n) is 8.02. The summed E-state index contributed by atoms with van der Waals surface area (Å²) in [5.74, 6) is 1.31. The van der Waals surface area contributed by atoms with Crippen LogP contribution < -0.4 is 9.47 Å². The van der Waals surface area contributed by atoms with E-state index in [1.54, 1.807) is 12.1 Å². The number of carbonyl (C=O) groups is 2. The SMILES string of the molecule is CN1CC[C@]23c4c5ccc(OC=O)c4O[C@H]2C(=O)C=C[C@H]3[C@H]1C5. The second kappa shape index (κ2) is 4.23. The van der Waals surface area contributed by atoms with E-state index in [1.165, 1.54) is 5.56 Å². The average Bonchev–Trinajstić information content (AvgIpc) is 2.90. The van der Waals surface area contributed by atoms with Crippen LogP contribution >= 0.6 is 0 Å². The Balaban J connectivity index is 1.81. The molecule has 2 aliphatic carbocycles. The number of ketones is 1. The molecule has 1 saturated heterocycles. The number of likely N-dealkylation sites (N-methyl/N-ethyl adjacent to an activating group) is 1. The smallest absolute Gasteiger partial charge is 0.298 e. The maximum absolute atomic E-state index is 12.5. The van der Waals surface area contributed by atoms with Crippen LogP contribution in [0.25, 0.3) is 0 Å². The van der Waals surface area contributed by atoms with Crippen molar-refractivity contribution in [2.45, 2.75) is 30.4 Å². The summed E-state index contributed by atoms with van der Waals surface area (Å²) < 4.78 is 11.2. The topological polar surface area (TPSA) is 55.8 Å². The van der Waals surface area contributed by atoms with Gasteiger partial charge in [0.25, 0.3) is 6.47 Å². The van der Waals surface area contributed by atoms with Crippen LogP contribution in [0, 0.1) is 5.92 Å². The Bertz CT molecular complexity index is 771. The van der Waals surface area contributed by atoms with E-state index in [0.29, 0.717) is 24.0 Å². The normalized spacial score (nSPS) is 36.4. The fraction of sp³-hybridized carbons (Fsp3) is 0.444. The molecule has 4 aliphatic rings. The van der Waals surface area contributed by atoms with Crippen molar-refractivity contribution in [3.8, 4) is 11.5 Å². The third-order valence-corrected chi connectivity index (χ3v) is 6.16. The molecule has 0 amide bonds. The lowest BCUT2D eigenvalue weighted by atomic mass is 9.53. The fourth-order valence-corrected chi connectivity index (χ4v) is 5.22. The van der Waals surface area contributed by atoms with Crippen LogP contribution in [0.3, 0.4) is 0 Å². The predicted octanol–water partition coefficient (Wildman–Crippen LogP) is 1.24. The van der Waals surface area contributed by atoms with E-state index in [-0.39, 0.29) is 17.1 Å². The van der Waals surface area contributed by atoms with Crippen molar-refractivity contribution in [1.29, 1.82) is 0 Å². The van der Waals surface area contributed by atoms with Gasteiger partial charge in [0, 0.05) is 17.5 Å². The van der Waals surface area contributed by atoms with Gasteiger partial charge in [-0.1, -0.05) is 12.1 Å². The predicted molar refractivity (Wildman–Crippen MR) is 81.6 cm³/mol. The van der Waals surface area contributed by atoms with Crippen molar-refractivity contribution in [3.63, 3.8) is 0 Å². The largest absolute Gasteiger partial charge is 0.477 e. The molecule has 2 aliphatic heterocycles. The van der Waals surface area contributed by atoms with Crippen LogP contribution in [0.15, 0.2) is 24.3 Å². The number of benzene rings is 1. The molecule has 2 heterocycles. The number of hydrogen-bond acceptors (Lipinski definition) is 5. The Kier molecular flexibility index (Phi) is 2.45. The molecular formula is C18H17NO4. The summed E-state index contributed by atoms with van der Waals surface area (Å²) in [6, 6.07) is 4.19. The van der Waals surface area contributed by atoms with Crippen LogP contribution in [-0.4, -0.2) is 42.9 Å². The molecule has 5 nitrogen and oxygen atoms in total. The van der Waals surface area contributed by atoms with Gasteiger partial charge in [0.1, 0.15) is 0 Å². The van der Waals surface area contributed by atoms with Crippen molar-refractivity contribution < 1.29 is 19.1 Å². The molecule has 0 N–H and O–H groups in total. The first-order chi connectivity index (χ1) is 11.2. The van der Waals surface area contributed by atoms with Gasteiger partial charge in [0.15, 0.2) is 23.4 Å². The van der Waals surface area contributed by atoms with Gasteiger partial charge in [0.2, 0.25) is 0 Å². The Hall–Kier alpha value is -2.14. The molecule has 5 heteroatoms. The number of ether oxygens (including phenoxy) is 2. The molecule has 1 aromatic rings. The molecule has 0 saturated carbocycles. The molecule has 5 rings (SSSR count). The van der Waals surface area contributed by atoms with Gasteiger partial charge in [-0.25, -0.2) is 0 Å². The minimum absolute atomic E-state index is 0.0191. The lowest BCUT2D eigenvalue weighted by Gasteiger charge is -2.55. The van der Waals surface area contributed by atoms with Gasteiger partial charge in [-0.2, -0.15) is 0 Å². The summed E-state index contributed by atoms with van der Waals surface area (Å²) in [5.41, 5.74) is 2.03. The van der Waals surface area contributed by atoms with E-state index >= 15 is 0 Å². The van der Waals surface area contributed by atoms with Gasteiger partial charge < -0.3 is 14.4 Å². The zero-order valence-corrected chi connectivity index (χ0v) is 12.8. The van der Waals surface area contributed by atoms with Gasteiger partial charge in [-0.3, -0.25) is 9.59 Å². The lowest BCUT2D eigenvalue weighted by Crippen LogP contribution is -2.64. The van der Waals surface area contributed by atoms with Crippen LogP contribution in [-0.2, 0) is 21.4 Å². The molecular weight excluding hydrogens is 294 g/mol. The van der Waals surface area contributed by atoms with Gasteiger partial charge in [0.05, 0.1) is 5.41 Å². The number of likely N-dealkylation sites (tertiary alicyclic amines) is 1. The number of nitrogens with zero attached hydrogens (tertiary/aromatic N) is 1. The minimum atomic E-state index is -0.487. The van der Waals surface area contributed by atoms with Crippen molar-refractivity contribution in [3.05, 3.63) is 35.4 Å². The maximum atomic E-state index is 12.5. The van der Waals surface area contributed by atoms with Crippen LogP contribution in [0.4, 0.5) is 0 Å². The summed E-state index contributed by atoms with van der Waals surface area (Å²) in [6.07, 6.45) is 5.08. The molecule has 1 aromatic carbocycles. The Morgan fingerprint density at radius 3 is 3.13 bits per heavy atom. The average molecular weight is 311 g/mol. The molecule has 1 fully saturated rings. The number of carbonyl (C=O) groups excluding carboxylic acids is 2. The Morgan fingerprint density at radius 1 is 1.43 bits per heavy atom. The van der Waals surface area contributed by atoms with Gasteiger partial charge in [-0.15, -0.1) is 0 Å². The second-order valence-electron chi connectivity index (χ2n) is 6.97. The lowest BCUT2D eigenvalue weighted by molar-refractivity contribution is -0.127. The monoisotopic (exact) mass is 311 g/mol. The molecule has 0 aromatic heterocycles. The summed E-state index contributed by atoms with van der Waals surface area (Å²) in [6.45, 7) is 1.36. The first-order valence-corrected chi connectivity index (χ1v) is 8.02. The molecule has 23 heavy (non-hydrogen) atoms. The maximum Gasteiger partial charge on any atom is 0.298 e. The molecule has 4 atom stereocenters. The summed E-state index contributed by atoms with van der Waals surface area (Å²) in [7, 11) is 2.16. The first kappa shape index (κ1) is 13.3. The highest BCUT2D eigenvalue weighted by Crippen LogP contribution is 2.61. The van der Waals surface area contributed by atoms with E-state index in [4.69, 9.17) is 9.47 Å². The van der Waals surface area contributed by atoms with Crippen molar-refractivity contribution in [2.75, 3.05) is 13.6 Å². The summed E-state index contributed by atoms with van der Waals surface area (Å²) in [4.78, 5) is 25.7. The van der Waals surface area contributed by atoms with E-state index in [1.807, 2.05) is 6.07 Å². The highest BCUT2D eigenvalue weighted by atomic mass is 16.6. The van der Waals surface area contributed by atoms with Gasteiger partial charge in [-0.05, 0) is 44.1 Å². The quantitative estimate of drug-likeness (QED) is 0.769. The van der Waals surface area contributed by atoms with Crippen molar-refractivity contribution in [2.24, 2.45) is 5.92 Å². The highest BCUT2D eigenvalue weighted by molar-refractivity contribution is 5.98. The zero-order chi connectivity index (χ0) is 15.8. The molecule has 2 bridgehead atoms. The van der Waals surface area contributed by atoms with Crippen molar-refractivity contribution in [1.82, 2.24) is 4.90 Å². The van der Waals surface area contributed by atoms with Crippen LogP contribution in [0.2, 0.25) is 0 Å². The molecule has 118 valence electrons. The fourth-order valence-electron chi connectivity index (χ4n) is 5.22. The Morgan fingerprint density at radius 2 is 2.30 bits per heavy atom. The third kappa shape index (κ3) is 1.42. The third-order valence-electron chi connectivity index (χ3n) is 6.16. The molecule has 0 unspecified atom stereocenters. The second-order valence-corrected chi connectivity index (χ2v) is 6.97. The zero-order valence-electron chi connectivity index (χ0n) is 12.8. The summed E-state index contributed by atoms with van der Waals surface area (Å²) >= 11 is 0. The number of hydrogen-bond donors (Lipinski definition) is 0. The minimum Gasteiger partial charge on any atom is -0.477 e.